The third-order valence-electron chi connectivity index (χ3n) is 4.90. The lowest BCUT2D eigenvalue weighted by Gasteiger charge is -2.34. The minimum absolute atomic E-state index is 0.0130. The van der Waals surface area contributed by atoms with E-state index in [1.807, 2.05) is 30.3 Å². The quantitative estimate of drug-likeness (QED) is 0.533. The molecule has 0 fully saturated rings. The molecule has 0 bridgehead atoms. The maximum absolute atomic E-state index is 14.5. The predicted octanol–water partition coefficient (Wildman–Crippen LogP) is 4.48. The smallest absolute Gasteiger partial charge is 0.336 e. The second-order valence-corrected chi connectivity index (χ2v) is 6.77. The Labute approximate surface area is 168 Å². The molecule has 0 aromatic heterocycles. The number of ether oxygens (including phenoxy) is 1. The van der Waals surface area contributed by atoms with Crippen LogP contribution in [0.2, 0.25) is 0 Å². The maximum atomic E-state index is 14.5. The highest BCUT2D eigenvalue weighted by molar-refractivity contribution is 5.96. The third kappa shape index (κ3) is 4.42. The number of carbonyl (C=O) groups excluding carboxylic acids is 2. The Morgan fingerprint density at radius 1 is 1.24 bits per heavy atom. The van der Waals surface area contributed by atoms with Gasteiger partial charge in [-0.2, -0.15) is 0 Å². The summed E-state index contributed by atoms with van der Waals surface area (Å²) in [4.78, 5) is 27.1. The molecule has 4 nitrogen and oxygen atoms in total. The average molecular weight is 397 g/mol. The second kappa shape index (κ2) is 8.82. The molecule has 0 aliphatic carbocycles. The zero-order valence-corrected chi connectivity index (χ0v) is 16.0. The Balaban J connectivity index is 2.05. The summed E-state index contributed by atoms with van der Waals surface area (Å²) in [7, 11) is 0. The molecule has 1 unspecified atom stereocenters. The minimum atomic E-state index is -0.854. The molecule has 3 rings (SSSR count). The van der Waals surface area contributed by atoms with E-state index < -0.39 is 23.5 Å². The third-order valence-corrected chi connectivity index (χ3v) is 4.90. The molecule has 2 aromatic rings. The van der Waals surface area contributed by atoms with Crippen LogP contribution in [0.25, 0.3) is 0 Å². The van der Waals surface area contributed by atoms with Crippen LogP contribution in [-0.2, 0) is 20.9 Å². The first-order chi connectivity index (χ1) is 13.9. The van der Waals surface area contributed by atoms with E-state index in [-0.39, 0.29) is 36.6 Å². The van der Waals surface area contributed by atoms with Crippen LogP contribution in [0.1, 0.15) is 30.4 Å². The Morgan fingerprint density at radius 3 is 2.62 bits per heavy atom. The Hall–Kier alpha value is -3.28. The molecule has 29 heavy (non-hydrogen) atoms. The Morgan fingerprint density at radius 2 is 1.97 bits per heavy atom. The van der Waals surface area contributed by atoms with E-state index in [2.05, 4.69) is 6.58 Å². The lowest BCUT2D eigenvalue weighted by Crippen LogP contribution is -2.38. The summed E-state index contributed by atoms with van der Waals surface area (Å²) in [6.07, 6.45) is 1.31. The normalized spacial score (nSPS) is 16.7. The first-order valence-electron chi connectivity index (χ1n) is 9.20. The minimum Gasteiger partial charge on any atom is -0.458 e. The zero-order valence-electron chi connectivity index (χ0n) is 16.0. The van der Waals surface area contributed by atoms with E-state index in [1.54, 1.807) is 6.92 Å². The molecule has 0 radical (unpaired) electrons. The van der Waals surface area contributed by atoms with E-state index in [9.17, 15) is 18.4 Å². The van der Waals surface area contributed by atoms with Gasteiger partial charge in [0.25, 0.3) is 0 Å². The highest BCUT2D eigenvalue weighted by atomic mass is 19.1. The van der Waals surface area contributed by atoms with Gasteiger partial charge in [0, 0.05) is 24.1 Å². The lowest BCUT2D eigenvalue weighted by molar-refractivity contribution is -0.139. The number of rotatable bonds is 6. The fourth-order valence-electron chi connectivity index (χ4n) is 3.50. The molecule has 1 aliphatic heterocycles. The molecule has 0 spiro atoms. The summed E-state index contributed by atoms with van der Waals surface area (Å²) in [5.41, 5.74) is 1.57. The van der Waals surface area contributed by atoms with Crippen molar-refractivity contribution in [2.45, 2.75) is 25.8 Å². The van der Waals surface area contributed by atoms with Gasteiger partial charge in [-0.25, -0.2) is 13.6 Å². The number of hydrogen-bond acceptors (Lipinski definition) is 3. The van der Waals surface area contributed by atoms with Crippen LogP contribution in [0.15, 0.2) is 72.5 Å². The van der Waals surface area contributed by atoms with Gasteiger partial charge >= 0.3 is 5.97 Å². The molecule has 1 heterocycles. The van der Waals surface area contributed by atoms with Crippen molar-refractivity contribution in [2.75, 3.05) is 6.61 Å². The molecule has 1 atom stereocenters. The van der Waals surface area contributed by atoms with Crippen molar-refractivity contribution in [3.05, 3.63) is 95.2 Å². The van der Waals surface area contributed by atoms with Crippen molar-refractivity contribution in [1.29, 1.82) is 0 Å². The summed E-state index contributed by atoms with van der Waals surface area (Å²) in [5.74, 6) is -3.29. The van der Waals surface area contributed by atoms with E-state index in [0.717, 1.165) is 17.7 Å². The maximum Gasteiger partial charge on any atom is 0.336 e. The van der Waals surface area contributed by atoms with Crippen LogP contribution in [0.4, 0.5) is 8.78 Å². The number of amides is 1. The van der Waals surface area contributed by atoms with Gasteiger partial charge in [-0.15, -0.1) is 0 Å². The van der Waals surface area contributed by atoms with Crippen molar-refractivity contribution >= 4 is 11.9 Å². The molecular weight excluding hydrogens is 376 g/mol. The van der Waals surface area contributed by atoms with Crippen molar-refractivity contribution in [1.82, 2.24) is 4.90 Å². The Kier molecular flexibility index (Phi) is 6.22. The largest absolute Gasteiger partial charge is 0.458 e. The molecule has 1 aliphatic rings. The summed E-state index contributed by atoms with van der Waals surface area (Å²) in [5, 5.41) is 0. The van der Waals surface area contributed by atoms with Crippen LogP contribution in [0.3, 0.4) is 0 Å². The van der Waals surface area contributed by atoms with Crippen LogP contribution < -0.4 is 0 Å². The topological polar surface area (TPSA) is 46.6 Å². The first kappa shape index (κ1) is 20.5. The standard InChI is InChI=1S/C23H21F2NO3/c1-3-11-29-23(28)22-15(2)26(14-16-7-5-4-6-8-16)21(27)13-19(22)18-10-9-17(24)12-20(18)25/h3-10,12,19H,1,11,13-14H2,2H3. The summed E-state index contributed by atoms with van der Waals surface area (Å²) >= 11 is 0. The van der Waals surface area contributed by atoms with Crippen LogP contribution >= 0.6 is 0 Å². The van der Waals surface area contributed by atoms with Crippen molar-refractivity contribution in [3.63, 3.8) is 0 Å². The summed E-state index contributed by atoms with van der Waals surface area (Å²) in [6.45, 7) is 5.43. The van der Waals surface area contributed by atoms with Crippen molar-refractivity contribution < 1.29 is 23.1 Å². The van der Waals surface area contributed by atoms with Gasteiger partial charge in [0.1, 0.15) is 18.2 Å². The summed E-state index contributed by atoms with van der Waals surface area (Å²) in [6, 6.07) is 12.5. The predicted molar refractivity (Wildman–Crippen MR) is 105 cm³/mol. The van der Waals surface area contributed by atoms with E-state index in [1.165, 1.54) is 17.0 Å². The monoisotopic (exact) mass is 397 g/mol. The highest BCUT2D eigenvalue weighted by Gasteiger charge is 2.38. The fourth-order valence-corrected chi connectivity index (χ4v) is 3.50. The fraction of sp³-hybridized carbons (Fsp3) is 0.217. The number of nitrogens with zero attached hydrogens (tertiary/aromatic N) is 1. The zero-order chi connectivity index (χ0) is 21.0. The van der Waals surface area contributed by atoms with Gasteiger partial charge < -0.3 is 9.64 Å². The van der Waals surface area contributed by atoms with Crippen LogP contribution in [-0.4, -0.2) is 23.4 Å². The van der Waals surface area contributed by atoms with E-state index in [4.69, 9.17) is 4.74 Å². The lowest BCUT2D eigenvalue weighted by atomic mass is 9.83. The number of halogens is 2. The molecule has 0 saturated heterocycles. The molecule has 150 valence electrons. The molecule has 2 aromatic carbocycles. The number of esters is 1. The van der Waals surface area contributed by atoms with Crippen LogP contribution in [0, 0.1) is 11.6 Å². The van der Waals surface area contributed by atoms with Gasteiger partial charge in [0.05, 0.1) is 12.1 Å². The first-order valence-corrected chi connectivity index (χ1v) is 9.20. The van der Waals surface area contributed by atoms with Gasteiger partial charge in [-0.3, -0.25) is 4.79 Å². The highest BCUT2D eigenvalue weighted by Crippen LogP contribution is 2.38. The molecule has 0 N–H and O–H groups in total. The SMILES string of the molecule is C=CCOC(=O)C1=C(C)N(Cc2ccccc2)C(=O)CC1c1ccc(F)cc1F. The van der Waals surface area contributed by atoms with Crippen LogP contribution in [0.5, 0.6) is 0 Å². The molecule has 1 amide bonds. The van der Waals surface area contributed by atoms with E-state index in [0.29, 0.717) is 5.70 Å². The van der Waals surface area contributed by atoms with Gasteiger partial charge in [0.2, 0.25) is 5.91 Å². The number of benzene rings is 2. The van der Waals surface area contributed by atoms with Gasteiger partial charge in [-0.1, -0.05) is 49.1 Å². The van der Waals surface area contributed by atoms with Crippen molar-refractivity contribution in [2.24, 2.45) is 0 Å². The molecule has 0 saturated carbocycles. The average Bonchev–Trinajstić information content (AvgIpc) is 2.70. The number of carbonyl (C=O) groups is 2. The summed E-state index contributed by atoms with van der Waals surface area (Å²) < 4.78 is 33.0. The van der Waals surface area contributed by atoms with E-state index >= 15 is 0 Å². The second-order valence-electron chi connectivity index (χ2n) is 6.77. The number of allylic oxidation sites excluding steroid dienone is 1. The molecular formula is C23H21F2NO3. The number of hydrogen-bond donors (Lipinski definition) is 0. The van der Waals surface area contributed by atoms with Gasteiger partial charge in [0.15, 0.2) is 0 Å². The van der Waals surface area contributed by atoms with Gasteiger partial charge in [-0.05, 0) is 24.1 Å². The molecule has 6 heteroatoms. The van der Waals surface area contributed by atoms with Crippen molar-refractivity contribution in [3.8, 4) is 0 Å². The Bertz CT molecular complexity index is 969.